The van der Waals surface area contributed by atoms with E-state index in [0.717, 1.165) is 19.4 Å². The van der Waals surface area contributed by atoms with Gasteiger partial charge in [-0.05, 0) is 19.3 Å². The van der Waals surface area contributed by atoms with Crippen molar-refractivity contribution in [1.29, 1.82) is 0 Å². The lowest BCUT2D eigenvalue weighted by Gasteiger charge is -2.21. The Morgan fingerprint density at radius 3 is 2.69 bits per heavy atom. The average molecular weight is 182 g/mol. The Morgan fingerprint density at radius 1 is 1.31 bits per heavy atom. The van der Waals surface area contributed by atoms with Crippen LogP contribution in [0.5, 0.6) is 0 Å². The molecule has 0 aliphatic carbocycles. The zero-order valence-electron chi connectivity index (χ0n) is 8.81. The molecule has 0 amide bonds. The zero-order chi connectivity index (χ0) is 9.31. The van der Waals surface area contributed by atoms with E-state index in [1.165, 1.54) is 31.7 Å². The van der Waals surface area contributed by atoms with Gasteiger partial charge >= 0.3 is 5.90 Å². The first kappa shape index (κ1) is 9.04. The van der Waals surface area contributed by atoms with E-state index in [-0.39, 0.29) is 5.60 Å². The SMILES string of the molecule is CCC1(CC)C[N+]2=C(CCCC2)O1. The van der Waals surface area contributed by atoms with E-state index < -0.39 is 0 Å². The van der Waals surface area contributed by atoms with Crippen molar-refractivity contribution < 1.29 is 9.31 Å². The Hall–Kier alpha value is -0.530. The topological polar surface area (TPSA) is 12.2 Å². The quantitative estimate of drug-likeness (QED) is 0.596. The summed E-state index contributed by atoms with van der Waals surface area (Å²) in [6.07, 6.45) is 6.11. The van der Waals surface area contributed by atoms with Gasteiger partial charge in [-0.15, -0.1) is 0 Å². The molecule has 2 heteroatoms. The lowest BCUT2D eigenvalue weighted by atomic mass is 9.98. The minimum Gasteiger partial charge on any atom is -0.435 e. The lowest BCUT2D eigenvalue weighted by molar-refractivity contribution is -0.530. The second-order valence-corrected chi connectivity index (χ2v) is 4.26. The third-order valence-corrected chi connectivity index (χ3v) is 3.52. The number of hydrogen-bond acceptors (Lipinski definition) is 1. The maximum atomic E-state index is 6.09. The van der Waals surface area contributed by atoms with Gasteiger partial charge in [0.15, 0.2) is 12.1 Å². The van der Waals surface area contributed by atoms with Crippen molar-refractivity contribution in [2.24, 2.45) is 0 Å². The van der Waals surface area contributed by atoms with Gasteiger partial charge in [0.2, 0.25) is 0 Å². The molecule has 0 aromatic heterocycles. The molecule has 2 rings (SSSR count). The Kier molecular flexibility index (Phi) is 2.31. The predicted molar refractivity (Wildman–Crippen MR) is 53.3 cm³/mol. The first-order chi connectivity index (χ1) is 6.29. The first-order valence-electron chi connectivity index (χ1n) is 5.59. The largest absolute Gasteiger partial charge is 0.435 e. The third-order valence-electron chi connectivity index (χ3n) is 3.52. The maximum Gasteiger partial charge on any atom is 0.337 e. The van der Waals surface area contributed by atoms with Crippen LogP contribution in [0.3, 0.4) is 0 Å². The molecule has 0 fully saturated rings. The van der Waals surface area contributed by atoms with E-state index in [2.05, 4.69) is 18.4 Å². The summed E-state index contributed by atoms with van der Waals surface area (Å²) in [6.45, 7) is 6.83. The summed E-state index contributed by atoms with van der Waals surface area (Å²) >= 11 is 0. The Bertz CT molecular complexity index is 208. The van der Waals surface area contributed by atoms with Crippen LogP contribution < -0.4 is 0 Å². The van der Waals surface area contributed by atoms with Crippen molar-refractivity contribution in [3.63, 3.8) is 0 Å². The van der Waals surface area contributed by atoms with E-state index in [0.29, 0.717) is 0 Å². The summed E-state index contributed by atoms with van der Waals surface area (Å²) in [6, 6.07) is 0. The van der Waals surface area contributed by atoms with Crippen LogP contribution in [0.2, 0.25) is 0 Å². The molecule has 0 aromatic carbocycles. The Labute approximate surface area is 80.6 Å². The number of rotatable bonds is 2. The molecule has 2 aliphatic heterocycles. The second kappa shape index (κ2) is 3.32. The molecule has 0 bridgehead atoms. The van der Waals surface area contributed by atoms with Crippen LogP contribution in [0.1, 0.15) is 46.0 Å². The number of ether oxygens (including phenoxy) is 1. The molecule has 0 radical (unpaired) electrons. The molecule has 74 valence electrons. The van der Waals surface area contributed by atoms with Crippen molar-refractivity contribution in [3.05, 3.63) is 0 Å². The Morgan fingerprint density at radius 2 is 2.08 bits per heavy atom. The van der Waals surface area contributed by atoms with Gasteiger partial charge in [0, 0.05) is 6.42 Å². The summed E-state index contributed by atoms with van der Waals surface area (Å²) in [5, 5.41) is 0. The normalized spacial score (nSPS) is 25.7. The molecule has 2 heterocycles. The monoisotopic (exact) mass is 182 g/mol. The molecule has 0 saturated carbocycles. The molecule has 2 nitrogen and oxygen atoms in total. The minimum absolute atomic E-state index is 0.152. The highest BCUT2D eigenvalue weighted by molar-refractivity contribution is 5.72. The fraction of sp³-hybridized carbons (Fsp3) is 0.909. The van der Waals surface area contributed by atoms with Gasteiger partial charge in [0.1, 0.15) is 6.54 Å². The number of hydrogen-bond donors (Lipinski definition) is 0. The van der Waals surface area contributed by atoms with Crippen LogP contribution in [0, 0.1) is 0 Å². The van der Waals surface area contributed by atoms with Crippen LogP contribution in [0.4, 0.5) is 0 Å². The van der Waals surface area contributed by atoms with Crippen LogP contribution in [0.25, 0.3) is 0 Å². The standard InChI is InChI=1S/C11H20NO/c1-3-11(4-2)9-12-8-6-5-7-10(12)13-11/h3-9H2,1-2H3/q+1. The van der Waals surface area contributed by atoms with Crippen LogP contribution in [0.15, 0.2) is 0 Å². The average Bonchev–Trinajstić information content (AvgIpc) is 2.57. The van der Waals surface area contributed by atoms with Gasteiger partial charge < -0.3 is 4.74 Å². The van der Waals surface area contributed by atoms with Gasteiger partial charge in [-0.2, -0.15) is 4.58 Å². The van der Waals surface area contributed by atoms with Crippen molar-refractivity contribution in [2.45, 2.75) is 51.6 Å². The van der Waals surface area contributed by atoms with Gasteiger partial charge in [-0.3, -0.25) is 0 Å². The molecule has 0 atom stereocenters. The predicted octanol–water partition coefficient (Wildman–Crippen LogP) is 2.17. The fourth-order valence-electron chi connectivity index (χ4n) is 2.39. The Balaban J connectivity index is 2.11. The van der Waals surface area contributed by atoms with Crippen LogP contribution in [-0.4, -0.2) is 29.2 Å². The molecule has 0 saturated heterocycles. The molecule has 13 heavy (non-hydrogen) atoms. The van der Waals surface area contributed by atoms with E-state index in [4.69, 9.17) is 4.74 Å². The molecule has 0 spiro atoms. The van der Waals surface area contributed by atoms with Gasteiger partial charge in [0.25, 0.3) is 0 Å². The highest BCUT2D eigenvalue weighted by Crippen LogP contribution is 2.29. The molecule has 0 aromatic rings. The summed E-state index contributed by atoms with van der Waals surface area (Å²) in [5.74, 6) is 1.27. The smallest absolute Gasteiger partial charge is 0.337 e. The zero-order valence-corrected chi connectivity index (χ0v) is 8.81. The number of nitrogens with zero attached hydrogens (tertiary/aromatic N) is 1. The van der Waals surface area contributed by atoms with E-state index in [1.54, 1.807) is 0 Å². The van der Waals surface area contributed by atoms with Crippen molar-refractivity contribution in [2.75, 3.05) is 13.1 Å². The van der Waals surface area contributed by atoms with E-state index in [1.807, 2.05) is 0 Å². The van der Waals surface area contributed by atoms with E-state index in [9.17, 15) is 0 Å². The summed E-state index contributed by atoms with van der Waals surface area (Å²) in [4.78, 5) is 0. The van der Waals surface area contributed by atoms with E-state index >= 15 is 0 Å². The van der Waals surface area contributed by atoms with Gasteiger partial charge in [0.05, 0.1) is 6.42 Å². The third kappa shape index (κ3) is 1.47. The van der Waals surface area contributed by atoms with Crippen molar-refractivity contribution in [1.82, 2.24) is 0 Å². The molecular formula is C11H20NO+. The summed E-state index contributed by atoms with van der Waals surface area (Å²) < 4.78 is 8.55. The maximum absolute atomic E-state index is 6.09. The highest BCUT2D eigenvalue weighted by atomic mass is 16.5. The fourth-order valence-corrected chi connectivity index (χ4v) is 2.39. The highest BCUT2D eigenvalue weighted by Gasteiger charge is 2.44. The lowest BCUT2D eigenvalue weighted by Crippen LogP contribution is -2.33. The van der Waals surface area contributed by atoms with Gasteiger partial charge in [-0.1, -0.05) is 13.8 Å². The van der Waals surface area contributed by atoms with Gasteiger partial charge in [-0.25, -0.2) is 0 Å². The van der Waals surface area contributed by atoms with Crippen LogP contribution >= 0.6 is 0 Å². The molecular weight excluding hydrogens is 162 g/mol. The molecule has 0 unspecified atom stereocenters. The minimum atomic E-state index is 0.152. The summed E-state index contributed by atoms with van der Waals surface area (Å²) in [7, 11) is 0. The molecule has 0 N–H and O–H groups in total. The molecule has 2 aliphatic rings. The van der Waals surface area contributed by atoms with Crippen molar-refractivity contribution >= 4 is 5.90 Å². The first-order valence-corrected chi connectivity index (χ1v) is 5.59. The second-order valence-electron chi connectivity index (χ2n) is 4.26. The van der Waals surface area contributed by atoms with Crippen LogP contribution in [-0.2, 0) is 4.74 Å². The summed E-state index contributed by atoms with van der Waals surface area (Å²) in [5.41, 5.74) is 0.152. The van der Waals surface area contributed by atoms with Crippen molar-refractivity contribution in [3.8, 4) is 0 Å².